The summed E-state index contributed by atoms with van der Waals surface area (Å²) in [5.74, 6) is 1.09. The van der Waals surface area contributed by atoms with Gasteiger partial charge in [-0.3, -0.25) is 4.90 Å². The highest BCUT2D eigenvalue weighted by molar-refractivity contribution is 5.04. The SMILES string of the molecule is CCCCc1ncc(CN2CC[C@@](O)(COC)C(C)(C)C2)[nH]1. The van der Waals surface area contributed by atoms with Crippen LogP contribution in [-0.4, -0.2) is 52.4 Å². The predicted molar refractivity (Wildman–Crippen MR) is 87.7 cm³/mol. The number of unbranched alkanes of at least 4 members (excludes halogenated alkanes) is 1. The van der Waals surface area contributed by atoms with E-state index in [-0.39, 0.29) is 5.41 Å². The number of aryl methyl sites for hydroxylation is 1. The van der Waals surface area contributed by atoms with Crippen molar-refractivity contribution in [1.29, 1.82) is 0 Å². The number of nitrogens with zero attached hydrogens (tertiary/aromatic N) is 2. The number of hydrogen-bond acceptors (Lipinski definition) is 4. The molecule has 0 bridgehead atoms. The molecule has 1 aromatic rings. The maximum Gasteiger partial charge on any atom is 0.106 e. The molecule has 0 radical (unpaired) electrons. The van der Waals surface area contributed by atoms with Crippen LogP contribution in [0.5, 0.6) is 0 Å². The zero-order chi connectivity index (χ0) is 16.2. The molecule has 22 heavy (non-hydrogen) atoms. The number of likely N-dealkylation sites (tertiary alicyclic amines) is 1. The Balaban J connectivity index is 1.94. The molecular weight excluding hydrogens is 278 g/mol. The summed E-state index contributed by atoms with van der Waals surface area (Å²) >= 11 is 0. The van der Waals surface area contributed by atoms with E-state index in [4.69, 9.17) is 4.74 Å². The number of piperidine rings is 1. The molecule has 5 nitrogen and oxygen atoms in total. The first-order valence-electron chi connectivity index (χ1n) is 8.36. The van der Waals surface area contributed by atoms with Crippen LogP contribution < -0.4 is 0 Å². The van der Waals surface area contributed by atoms with Gasteiger partial charge in [-0.1, -0.05) is 27.2 Å². The number of hydrogen-bond donors (Lipinski definition) is 2. The molecule has 2 rings (SSSR count). The second-order valence-electron chi connectivity index (χ2n) is 7.27. The number of methoxy groups -OCH3 is 1. The summed E-state index contributed by atoms with van der Waals surface area (Å²) in [4.78, 5) is 10.3. The third-order valence-electron chi connectivity index (χ3n) is 4.95. The Hall–Kier alpha value is -0.910. The quantitative estimate of drug-likeness (QED) is 0.812. The van der Waals surface area contributed by atoms with Crippen molar-refractivity contribution in [2.45, 2.75) is 58.6 Å². The van der Waals surface area contributed by atoms with Gasteiger partial charge in [-0.25, -0.2) is 4.98 Å². The normalized spacial score (nSPS) is 25.5. The van der Waals surface area contributed by atoms with Gasteiger partial charge in [0.05, 0.1) is 12.2 Å². The molecule has 0 aliphatic carbocycles. The molecule has 1 aliphatic heterocycles. The number of aliphatic hydroxyl groups is 1. The van der Waals surface area contributed by atoms with E-state index < -0.39 is 5.60 Å². The minimum Gasteiger partial charge on any atom is -0.387 e. The molecule has 5 heteroatoms. The predicted octanol–water partition coefficient (Wildman–Crippen LogP) is 2.36. The van der Waals surface area contributed by atoms with E-state index in [1.165, 1.54) is 18.5 Å². The van der Waals surface area contributed by atoms with Crippen molar-refractivity contribution in [3.05, 3.63) is 17.7 Å². The van der Waals surface area contributed by atoms with Crippen molar-refractivity contribution >= 4 is 0 Å². The summed E-state index contributed by atoms with van der Waals surface area (Å²) in [5, 5.41) is 10.8. The van der Waals surface area contributed by atoms with Gasteiger partial charge in [0.1, 0.15) is 5.82 Å². The standard InChI is InChI=1S/C17H31N3O2/c1-5-6-7-15-18-10-14(19-15)11-20-9-8-17(21,13-22-4)16(2,3)12-20/h10,21H,5-9,11-13H2,1-4H3,(H,18,19)/t17-/m1/s1. The lowest BCUT2D eigenvalue weighted by molar-refractivity contribution is -0.151. The second-order valence-corrected chi connectivity index (χ2v) is 7.27. The number of nitrogens with one attached hydrogen (secondary N) is 1. The lowest BCUT2D eigenvalue weighted by atomic mass is 9.70. The highest BCUT2D eigenvalue weighted by atomic mass is 16.5. The van der Waals surface area contributed by atoms with Gasteiger partial charge in [-0.15, -0.1) is 0 Å². The Labute approximate surface area is 134 Å². The molecule has 1 aromatic heterocycles. The Kier molecular flexibility index (Phi) is 5.64. The van der Waals surface area contributed by atoms with Crippen LogP contribution in [0.4, 0.5) is 0 Å². The fourth-order valence-corrected chi connectivity index (χ4v) is 3.31. The average Bonchev–Trinajstić information content (AvgIpc) is 2.89. The Morgan fingerprint density at radius 2 is 2.23 bits per heavy atom. The van der Waals surface area contributed by atoms with Crippen LogP contribution in [-0.2, 0) is 17.7 Å². The topological polar surface area (TPSA) is 61.4 Å². The van der Waals surface area contributed by atoms with Crippen molar-refractivity contribution in [2.24, 2.45) is 5.41 Å². The van der Waals surface area contributed by atoms with Crippen molar-refractivity contribution in [1.82, 2.24) is 14.9 Å². The number of imidazole rings is 1. The molecule has 0 unspecified atom stereocenters. The summed E-state index contributed by atoms with van der Waals surface area (Å²) in [6, 6.07) is 0. The molecule has 0 amide bonds. The van der Waals surface area contributed by atoms with Crippen LogP contribution in [0.25, 0.3) is 0 Å². The molecule has 0 spiro atoms. The third kappa shape index (κ3) is 3.89. The lowest BCUT2D eigenvalue weighted by Gasteiger charge is -2.50. The maximum absolute atomic E-state index is 10.8. The summed E-state index contributed by atoms with van der Waals surface area (Å²) in [6.07, 6.45) is 6.08. The van der Waals surface area contributed by atoms with Crippen molar-refractivity contribution < 1.29 is 9.84 Å². The Bertz CT molecular complexity index is 472. The Morgan fingerprint density at radius 3 is 2.86 bits per heavy atom. The highest BCUT2D eigenvalue weighted by Crippen LogP contribution is 2.39. The van der Waals surface area contributed by atoms with Crippen LogP contribution in [0.15, 0.2) is 6.20 Å². The minimum atomic E-state index is -0.738. The van der Waals surface area contributed by atoms with E-state index in [2.05, 4.69) is 35.6 Å². The number of rotatable bonds is 7. The van der Waals surface area contributed by atoms with E-state index in [9.17, 15) is 5.11 Å². The molecule has 0 saturated carbocycles. The van der Waals surface area contributed by atoms with Gasteiger partial charge in [0.25, 0.3) is 0 Å². The molecule has 1 saturated heterocycles. The maximum atomic E-state index is 10.8. The minimum absolute atomic E-state index is 0.188. The Morgan fingerprint density at radius 1 is 1.45 bits per heavy atom. The summed E-state index contributed by atoms with van der Waals surface area (Å²) in [5.41, 5.74) is 0.240. The van der Waals surface area contributed by atoms with Gasteiger partial charge in [-0.2, -0.15) is 0 Å². The zero-order valence-electron chi connectivity index (χ0n) is 14.5. The van der Waals surface area contributed by atoms with Crippen molar-refractivity contribution in [3.8, 4) is 0 Å². The smallest absolute Gasteiger partial charge is 0.106 e. The number of aromatic nitrogens is 2. The zero-order valence-corrected chi connectivity index (χ0v) is 14.5. The van der Waals surface area contributed by atoms with Crippen LogP contribution >= 0.6 is 0 Å². The number of aromatic amines is 1. The van der Waals surface area contributed by atoms with Gasteiger partial charge in [0, 0.05) is 50.5 Å². The fourth-order valence-electron chi connectivity index (χ4n) is 3.31. The summed E-state index contributed by atoms with van der Waals surface area (Å²) < 4.78 is 5.23. The first-order valence-corrected chi connectivity index (χ1v) is 8.36. The van der Waals surface area contributed by atoms with Crippen LogP contribution in [0.3, 0.4) is 0 Å². The first kappa shape index (κ1) is 17.4. The molecule has 1 fully saturated rings. The largest absolute Gasteiger partial charge is 0.387 e. The summed E-state index contributed by atoms with van der Waals surface area (Å²) in [6.45, 7) is 9.45. The second kappa shape index (κ2) is 7.11. The van der Waals surface area contributed by atoms with Crippen LogP contribution in [0, 0.1) is 5.41 Å². The first-order chi connectivity index (χ1) is 10.4. The van der Waals surface area contributed by atoms with Gasteiger partial charge >= 0.3 is 0 Å². The van der Waals surface area contributed by atoms with Gasteiger partial charge in [0.15, 0.2) is 0 Å². The van der Waals surface area contributed by atoms with Crippen molar-refractivity contribution in [2.75, 3.05) is 26.8 Å². The van der Waals surface area contributed by atoms with E-state index in [0.29, 0.717) is 6.61 Å². The lowest BCUT2D eigenvalue weighted by Crippen LogP contribution is -2.59. The average molecular weight is 309 g/mol. The molecule has 1 aliphatic rings. The fraction of sp³-hybridized carbons (Fsp3) is 0.824. The van der Waals surface area contributed by atoms with Gasteiger partial charge in [0.2, 0.25) is 0 Å². The molecule has 126 valence electrons. The monoisotopic (exact) mass is 309 g/mol. The van der Waals surface area contributed by atoms with E-state index in [1.807, 2.05) is 6.20 Å². The van der Waals surface area contributed by atoms with Crippen LogP contribution in [0.2, 0.25) is 0 Å². The van der Waals surface area contributed by atoms with E-state index in [0.717, 1.165) is 38.3 Å². The van der Waals surface area contributed by atoms with Crippen molar-refractivity contribution in [3.63, 3.8) is 0 Å². The number of ether oxygens (including phenoxy) is 1. The molecule has 2 N–H and O–H groups in total. The van der Waals surface area contributed by atoms with E-state index >= 15 is 0 Å². The number of H-pyrrole nitrogens is 1. The van der Waals surface area contributed by atoms with Crippen LogP contribution in [0.1, 0.15) is 51.6 Å². The van der Waals surface area contributed by atoms with Gasteiger partial charge in [-0.05, 0) is 12.8 Å². The highest BCUT2D eigenvalue weighted by Gasteiger charge is 2.47. The van der Waals surface area contributed by atoms with E-state index in [1.54, 1.807) is 7.11 Å². The van der Waals surface area contributed by atoms with Gasteiger partial charge < -0.3 is 14.8 Å². The molecule has 2 heterocycles. The summed E-state index contributed by atoms with van der Waals surface area (Å²) in [7, 11) is 1.66. The molecule has 0 aromatic carbocycles. The molecule has 1 atom stereocenters. The third-order valence-corrected chi connectivity index (χ3v) is 4.95. The molecular formula is C17H31N3O2.